The van der Waals surface area contributed by atoms with Gasteiger partial charge >= 0.3 is 0 Å². The molecule has 74 valence electrons. The highest BCUT2D eigenvalue weighted by atomic mass is 19.1. The third kappa shape index (κ3) is 1.20. The minimum atomic E-state index is -0.245. The molecule has 3 heteroatoms. The Bertz CT molecular complexity index is 471. The number of para-hydroxylation sites is 1. The van der Waals surface area contributed by atoms with Crippen molar-refractivity contribution in [3.05, 3.63) is 29.8 Å². The Morgan fingerprint density at radius 2 is 2.07 bits per heavy atom. The second-order valence-corrected chi connectivity index (χ2v) is 3.79. The minimum absolute atomic E-state index is 0.245. The van der Waals surface area contributed by atoms with E-state index in [9.17, 15) is 4.39 Å². The molecule has 2 nitrogen and oxygen atoms in total. The van der Waals surface area contributed by atoms with E-state index in [2.05, 4.69) is 18.8 Å². The number of aryl methyl sites for hydroxylation is 1. The first-order valence-corrected chi connectivity index (χ1v) is 4.72. The molecule has 0 aliphatic rings. The van der Waals surface area contributed by atoms with E-state index < -0.39 is 0 Å². The van der Waals surface area contributed by atoms with Crippen molar-refractivity contribution in [2.75, 3.05) is 0 Å². The van der Waals surface area contributed by atoms with Crippen LogP contribution in [0.25, 0.3) is 11.0 Å². The summed E-state index contributed by atoms with van der Waals surface area (Å²) in [5.74, 6) is 0.988. The fourth-order valence-corrected chi connectivity index (χ4v) is 1.71. The predicted molar refractivity (Wildman–Crippen MR) is 54.8 cm³/mol. The molecule has 0 amide bonds. The normalized spacial score (nSPS) is 11.5. The van der Waals surface area contributed by atoms with Crippen LogP contribution in [-0.4, -0.2) is 9.55 Å². The Kier molecular flexibility index (Phi) is 2.02. The molecule has 0 spiro atoms. The molecule has 1 heterocycles. The SMILES string of the molecule is CC(C)c1nc2c(F)cccc2n1C. The average Bonchev–Trinajstić information content (AvgIpc) is 2.46. The van der Waals surface area contributed by atoms with Crippen LogP contribution in [0.4, 0.5) is 4.39 Å². The Morgan fingerprint density at radius 3 is 2.64 bits per heavy atom. The summed E-state index contributed by atoms with van der Waals surface area (Å²) in [5, 5.41) is 0. The summed E-state index contributed by atoms with van der Waals surface area (Å²) in [5.41, 5.74) is 1.33. The number of nitrogens with zero attached hydrogens (tertiary/aromatic N) is 2. The molecular formula is C11H13FN2. The predicted octanol–water partition coefficient (Wildman–Crippen LogP) is 2.84. The molecule has 0 unspecified atom stereocenters. The Balaban J connectivity index is 2.80. The molecular weight excluding hydrogens is 179 g/mol. The lowest BCUT2D eigenvalue weighted by Gasteiger charge is -2.04. The molecule has 0 bridgehead atoms. The van der Waals surface area contributed by atoms with E-state index in [4.69, 9.17) is 0 Å². The molecule has 0 saturated carbocycles. The van der Waals surface area contributed by atoms with Crippen molar-refractivity contribution in [2.45, 2.75) is 19.8 Å². The zero-order valence-corrected chi connectivity index (χ0v) is 8.58. The third-order valence-corrected chi connectivity index (χ3v) is 2.41. The van der Waals surface area contributed by atoms with Gasteiger partial charge in [0.15, 0.2) is 5.82 Å². The zero-order valence-electron chi connectivity index (χ0n) is 8.58. The number of halogens is 1. The standard InChI is InChI=1S/C11H13FN2/c1-7(2)11-13-10-8(12)5-4-6-9(10)14(11)3/h4-7H,1-3H3. The molecule has 1 aromatic carbocycles. The minimum Gasteiger partial charge on any atom is -0.331 e. The molecule has 0 fully saturated rings. The smallest absolute Gasteiger partial charge is 0.151 e. The molecule has 0 aliphatic carbocycles. The van der Waals surface area contributed by atoms with Gasteiger partial charge in [-0.2, -0.15) is 0 Å². The second-order valence-electron chi connectivity index (χ2n) is 3.79. The van der Waals surface area contributed by atoms with Crippen LogP contribution in [0, 0.1) is 5.82 Å². The summed E-state index contributed by atoms with van der Waals surface area (Å²) in [6.45, 7) is 4.11. The van der Waals surface area contributed by atoms with Crippen molar-refractivity contribution >= 4 is 11.0 Å². The van der Waals surface area contributed by atoms with Crippen LogP contribution in [0.15, 0.2) is 18.2 Å². The molecule has 1 aromatic heterocycles. The van der Waals surface area contributed by atoms with E-state index in [-0.39, 0.29) is 5.82 Å². The molecule has 2 rings (SSSR count). The first-order valence-electron chi connectivity index (χ1n) is 4.72. The Morgan fingerprint density at radius 1 is 1.36 bits per heavy atom. The summed E-state index contributed by atoms with van der Waals surface area (Å²) in [4.78, 5) is 4.30. The Labute approximate surface area is 82.4 Å². The van der Waals surface area contributed by atoms with Crippen molar-refractivity contribution < 1.29 is 4.39 Å². The van der Waals surface area contributed by atoms with E-state index in [1.54, 1.807) is 6.07 Å². The van der Waals surface area contributed by atoms with Gasteiger partial charge in [-0.05, 0) is 12.1 Å². The maximum Gasteiger partial charge on any atom is 0.151 e. The van der Waals surface area contributed by atoms with E-state index in [1.165, 1.54) is 6.07 Å². The first-order chi connectivity index (χ1) is 6.61. The highest BCUT2D eigenvalue weighted by Crippen LogP contribution is 2.21. The topological polar surface area (TPSA) is 17.8 Å². The van der Waals surface area contributed by atoms with Crippen LogP contribution in [0.5, 0.6) is 0 Å². The fourth-order valence-electron chi connectivity index (χ4n) is 1.71. The van der Waals surface area contributed by atoms with Gasteiger partial charge in [-0.1, -0.05) is 19.9 Å². The van der Waals surface area contributed by atoms with Gasteiger partial charge in [0.1, 0.15) is 11.3 Å². The van der Waals surface area contributed by atoms with Gasteiger partial charge in [-0.25, -0.2) is 9.37 Å². The molecule has 14 heavy (non-hydrogen) atoms. The summed E-state index contributed by atoms with van der Waals surface area (Å²) in [7, 11) is 1.92. The van der Waals surface area contributed by atoms with Crippen LogP contribution in [-0.2, 0) is 7.05 Å². The van der Waals surface area contributed by atoms with E-state index in [1.807, 2.05) is 17.7 Å². The van der Waals surface area contributed by atoms with Crippen molar-refractivity contribution in [1.29, 1.82) is 0 Å². The summed E-state index contributed by atoms with van der Waals surface area (Å²) < 4.78 is 15.3. The molecule has 0 aliphatic heterocycles. The van der Waals surface area contributed by atoms with Crippen LogP contribution >= 0.6 is 0 Å². The number of benzene rings is 1. The quantitative estimate of drug-likeness (QED) is 0.679. The van der Waals surface area contributed by atoms with Crippen molar-refractivity contribution in [1.82, 2.24) is 9.55 Å². The average molecular weight is 192 g/mol. The van der Waals surface area contributed by atoms with Crippen molar-refractivity contribution in [2.24, 2.45) is 7.05 Å². The van der Waals surface area contributed by atoms with Gasteiger partial charge in [0.25, 0.3) is 0 Å². The van der Waals surface area contributed by atoms with Crippen LogP contribution in [0.1, 0.15) is 25.6 Å². The lowest BCUT2D eigenvalue weighted by atomic mass is 10.2. The molecule has 0 radical (unpaired) electrons. The molecule has 0 saturated heterocycles. The lowest BCUT2D eigenvalue weighted by molar-refractivity contribution is 0.636. The summed E-state index contributed by atoms with van der Waals surface area (Å²) in [6.07, 6.45) is 0. The molecule has 2 aromatic rings. The van der Waals surface area contributed by atoms with Gasteiger partial charge in [0.05, 0.1) is 5.52 Å². The lowest BCUT2D eigenvalue weighted by Crippen LogP contribution is -1.99. The number of hydrogen-bond acceptors (Lipinski definition) is 1. The number of imidazole rings is 1. The summed E-state index contributed by atoms with van der Waals surface area (Å²) in [6, 6.07) is 5.04. The largest absolute Gasteiger partial charge is 0.331 e. The second kappa shape index (κ2) is 3.08. The number of fused-ring (bicyclic) bond motifs is 1. The fraction of sp³-hybridized carbons (Fsp3) is 0.364. The highest BCUT2D eigenvalue weighted by molar-refractivity contribution is 5.76. The molecule has 0 N–H and O–H groups in total. The highest BCUT2D eigenvalue weighted by Gasteiger charge is 2.12. The van der Waals surface area contributed by atoms with E-state index in [0.29, 0.717) is 11.4 Å². The molecule has 0 atom stereocenters. The van der Waals surface area contributed by atoms with Crippen molar-refractivity contribution in [3.63, 3.8) is 0 Å². The summed E-state index contributed by atoms with van der Waals surface area (Å²) >= 11 is 0. The van der Waals surface area contributed by atoms with Crippen LogP contribution < -0.4 is 0 Å². The van der Waals surface area contributed by atoms with Gasteiger partial charge in [0, 0.05) is 13.0 Å². The van der Waals surface area contributed by atoms with Gasteiger partial charge in [-0.3, -0.25) is 0 Å². The van der Waals surface area contributed by atoms with Crippen molar-refractivity contribution in [3.8, 4) is 0 Å². The first kappa shape index (κ1) is 9.19. The van der Waals surface area contributed by atoms with Gasteiger partial charge < -0.3 is 4.57 Å². The number of aromatic nitrogens is 2. The monoisotopic (exact) mass is 192 g/mol. The van der Waals surface area contributed by atoms with E-state index in [0.717, 1.165) is 11.3 Å². The maximum atomic E-state index is 13.4. The number of hydrogen-bond donors (Lipinski definition) is 0. The van der Waals surface area contributed by atoms with Crippen LogP contribution in [0.2, 0.25) is 0 Å². The van der Waals surface area contributed by atoms with E-state index >= 15 is 0 Å². The van der Waals surface area contributed by atoms with Gasteiger partial charge in [0.2, 0.25) is 0 Å². The Hall–Kier alpha value is -1.38. The zero-order chi connectivity index (χ0) is 10.3. The maximum absolute atomic E-state index is 13.4. The van der Waals surface area contributed by atoms with Crippen LogP contribution in [0.3, 0.4) is 0 Å². The third-order valence-electron chi connectivity index (χ3n) is 2.41. The van der Waals surface area contributed by atoms with Gasteiger partial charge in [-0.15, -0.1) is 0 Å². The number of rotatable bonds is 1.